The van der Waals surface area contributed by atoms with Gasteiger partial charge in [0.2, 0.25) is 0 Å². The summed E-state index contributed by atoms with van der Waals surface area (Å²) in [6, 6.07) is 0. The molecule has 1 aliphatic rings. The second-order valence-electron chi connectivity index (χ2n) is 2.27. The first kappa shape index (κ1) is 11.2. The second-order valence-corrected chi connectivity index (χ2v) is 2.27. The Kier molecular flexibility index (Phi) is 4.59. The standard InChI is InChI=1S/C7H9NO3.ClH/c1-11-7-5(4-9)8-3-2-6(7)10;/h7-8H,2-3H2,1H3;1H. The van der Waals surface area contributed by atoms with Crippen molar-refractivity contribution < 1.29 is 14.3 Å². The van der Waals surface area contributed by atoms with Crippen LogP contribution in [0.5, 0.6) is 0 Å². The Hall–Kier alpha value is -0.830. The third kappa shape index (κ3) is 2.08. The van der Waals surface area contributed by atoms with Gasteiger partial charge in [-0.2, -0.15) is 0 Å². The minimum atomic E-state index is -0.721. The highest BCUT2D eigenvalue weighted by Crippen LogP contribution is 2.08. The van der Waals surface area contributed by atoms with E-state index in [1.54, 1.807) is 5.94 Å². The van der Waals surface area contributed by atoms with Gasteiger partial charge in [0.25, 0.3) is 0 Å². The predicted molar refractivity (Wildman–Crippen MR) is 44.9 cm³/mol. The minimum Gasteiger partial charge on any atom is -0.376 e. The largest absolute Gasteiger partial charge is 0.376 e. The van der Waals surface area contributed by atoms with Crippen LogP contribution in [0.2, 0.25) is 0 Å². The molecule has 1 N–H and O–H groups in total. The molecule has 0 amide bonds. The van der Waals surface area contributed by atoms with Gasteiger partial charge in [-0.1, -0.05) is 0 Å². The summed E-state index contributed by atoms with van der Waals surface area (Å²) in [6.45, 7) is 0.503. The van der Waals surface area contributed by atoms with Gasteiger partial charge in [-0.15, -0.1) is 12.4 Å². The van der Waals surface area contributed by atoms with Gasteiger partial charge in [0, 0.05) is 20.1 Å². The second kappa shape index (κ2) is 4.93. The van der Waals surface area contributed by atoms with Gasteiger partial charge >= 0.3 is 0 Å². The van der Waals surface area contributed by atoms with E-state index in [9.17, 15) is 9.59 Å². The van der Waals surface area contributed by atoms with Gasteiger partial charge in [-0.05, 0) is 0 Å². The van der Waals surface area contributed by atoms with E-state index in [2.05, 4.69) is 5.32 Å². The predicted octanol–water partition coefficient (Wildman–Crippen LogP) is -0.299. The Bertz CT molecular complexity index is 223. The molecule has 0 bridgehead atoms. The lowest BCUT2D eigenvalue weighted by Crippen LogP contribution is -2.40. The van der Waals surface area contributed by atoms with E-state index in [4.69, 9.17) is 4.74 Å². The summed E-state index contributed by atoms with van der Waals surface area (Å²) in [7, 11) is 1.40. The highest BCUT2D eigenvalue weighted by molar-refractivity contribution is 5.89. The normalized spacial score (nSPS) is 22.2. The highest BCUT2D eigenvalue weighted by atomic mass is 35.5. The van der Waals surface area contributed by atoms with Crippen molar-refractivity contribution in [2.24, 2.45) is 0 Å². The smallest absolute Gasteiger partial charge is 0.170 e. The van der Waals surface area contributed by atoms with E-state index >= 15 is 0 Å². The fourth-order valence-electron chi connectivity index (χ4n) is 1.04. The van der Waals surface area contributed by atoms with Gasteiger partial charge in [0.05, 0.1) is 0 Å². The maximum Gasteiger partial charge on any atom is 0.170 e. The fourth-order valence-corrected chi connectivity index (χ4v) is 1.04. The first-order valence-electron chi connectivity index (χ1n) is 3.34. The molecule has 12 heavy (non-hydrogen) atoms. The number of carbonyl (C=O) groups excluding carboxylic acids is 2. The Morgan fingerprint density at radius 2 is 2.33 bits per heavy atom. The van der Waals surface area contributed by atoms with Crippen molar-refractivity contribution in [3.8, 4) is 0 Å². The zero-order valence-electron chi connectivity index (χ0n) is 6.62. The van der Waals surface area contributed by atoms with Crippen molar-refractivity contribution in [2.45, 2.75) is 12.5 Å². The van der Waals surface area contributed by atoms with E-state index < -0.39 is 6.10 Å². The zero-order valence-corrected chi connectivity index (χ0v) is 7.44. The number of hydrogen-bond acceptors (Lipinski definition) is 4. The van der Waals surface area contributed by atoms with Crippen LogP contribution in [0.15, 0.2) is 5.70 Å². The molecule has 5 heteroatoms. The molecule has 0 aromatic heterocycles. The zero-order chi connectivity index (χ0) is 8.27. The van der Waals surface area contributed by atoms with Gasteiger partial charge in [0.15, 0.2) is 11.9 Å². The number of ether oxygens (including phenoxy) is 1. The maximum absolute atomic E-state index is 11.0. The summed E-state index contributed by atoms with van der Waals surface area (Å²) in [5.74, 6) is 1.58. The van der Waals surface area contributed by atoms with E-state index in [1.807, 2.05) is 0 Å². The third-order valence-corrected chi connectivity index (χ3v) is 1.59. The summed E-state index contributed by atoms with van der Waals surface area (Å²) in [5.41, 5.74) is 0.212. The van der Waals surface area contributed by atoms with Crippen molar-refractivity contribution in [1.29, 1.82) is 0 Å². The molecule has 1 fully saturated rings. The molecule has 4 nitrogen and oxygen atoms in total. The summed E-state index contributed by atoms with van der Waals surface area (Å²) in [5, 5.41) is 2.75. The molecular formula is C7H10ClNO3. The average molecular weight is 192 g/mol. The van der Waals surface area contributed by atoms with Crippen LogP contribution in [0.1, 0.15) is 6.42 Å². The lowest BCUT2D eigenvalue weighted by Gasteiger charge is -2.21. The van der Waals surface area contributed by atoms with Crippen molar-refractivity contribution >= 4 is 24.1 Å². The van der Waals surface area contributed by atoms with Crippen molar-refractivity contribution in [3.05, 3.63) is 5.70 Å². The molecule has 1 heterocycles. The molecule has 1 aliphatic heterocycles. The van der Waals surface area contributed by atoms with Crippen LogP contribution in [0, 0.1) is 0 Å². The molecule has 0 aliphatic carbocycles. The Labute approximate surface area is 76.4 Å². The Balaban J connectivity index is 0.00000121. The summed E-state index contributed by atoms with van der Waals surface area (Å²) >= 11 is 0. The molecule has 0 radical (unpaired) electrons. The molecule has 0 aromatic rings. The molecule has 0 aromatic carbocycles. The van der Waals surface area contributed by atoms with Crippen molar-refractivity contribution in [1.82, 2.24) is 5.32 Å². The molecule has 1 saturated heterocycles. The lowest BCUT2D eigenvalue weighted by atomic mass is 10.1. The number of Topliss-reactive ketones (excluding diaryl/α,β-unsaturated/α-hetero) is 1. The van der Waals surface area contributed by atoms with Crippen LogP contribution < -0.4 is 5.32 Å². The van der Waals surface area contributed by atoms with Crippen molar-refractivity contribution in [3.63, 3.8) is 0 Å². The van der Waals surface area contributed by atoms with E-state index in [0.717, 1.165) is 0 Å². The fraction of sp³-hybridized carbons (Fsp3) is 0.571. The number of carbonyl (C=O) groups is 1. The summed E-state index contributed by atoms with van der Waals surface area (Å²) < 4.78 is 4.80. The molecule has 1 unspecified atom stereocenters. The van der Waals surface area contributed by atoms with Crippen LogP contribution in [0.3, 0.4) is 0 Å². The third-order valence-electron chi connectivity index (χ3n) is 1.59. The van der Waals surface area contributed by atoms with Crippen LogP contribution >= 0.6 is 12.4 Å². The molecule has 0 saturated carbocycles. The molecule has 68 valence electrons. The molecule has 1 atom stereocenters. The van der Waals surface area contributed by atoms with E-state index in [1.165, 1.54) is 7.11 Å². The monoisotopic (exact) mass is 191 g/mol. The first-order chi connectivity index (χ1) is 5.29. The number of piperidine rings is 1. The number of hydrogen-bond donors (Lipinski definition) is 1. The van der Waals surface area contributed by atoms with Crippen LogP contribution in [0.4, 0.5) is 0 Å². The topological polar surface area (TPSA) is 55.4 Å². The van der Waals surface area contributed by atoms with Crippen LogP contribution in [-0.2, 0) is 14.3 Å². The van der Waals surface area contributed by atoms with Gasteiger partial charge in [-0.25, -0.2) is 4.79 Å². The lowest BCUT2D eigenvalue weighted by molar-refractivity contribution is -0.128. The summed E-state index contributed by atoms with van der Waals surface area (Å²) in [4.78, 5) is 21.2. The first-order valence-corrected chi connectivity index (χ1v) is 3.34. The van der Waals surface area contributed by atoms with Gasteiger partial charge < -0.3 is 10.1 Å². The number of rotatable bonds is 1. The van der Waals surface area contributed by atoms with E-state index in [0.29, 0.717) is 13.0 Å². The molecule has 0 spiro atoms. The van der Waals surface area contributed by atoms with Crippen molar-refractivity contribution in [2.75, 3.05) is 13.7 Å². The van der Waals surface area contributed by atoms with Gasteiger partial charge in [-0.3, -0.25) is 4.79 Å². The molecule has 1 rings (SSSR count). The number of nitrogens with one attached hydrogen (secondary N) is 1. The van der Waals surface area contributed by atoms with Gasteiger partial charge in [0.1, 0.15) is 11.6 Å². The Morgan fingerprint density at radius 3 is 2.75 bits per heavy atom. The number of halogens is 1. The number of ketones is 1. The maximum atomic E-state index is 11.0. The van der Waals surface area contributed by atoms with Crippen LogP contribution in [0.25, 0.3) is 0 Å². The highest BCUT2D eigenvalue weighted by Gasteiger charge is 2.27. The quantitative estimate of drug-likeness (QED) is 0.579. The van der Waals surface area contributed by atoms with Crippen LogP contribution in [-0.4, -0.2) is 31.5 Å². The number of methoxy groups -OCH3 is 1. The summed E-state index contributed by atoms with van der Waals surface area (Å²) in [6.07, 6.45) is -0.315. The Morgan fingerprint density at radius 1 is 1.67 bits per heavy atom. The average Bonchev–Trinajstić information content (AvgIpc) is 2.04. The SMILES string of the molecule is COC1C(=O)CCNC1=C=O.Cl. The molecular weight excluding hydrogens is 182 g/mol. The van der Waals surface area contributed by atoms with E-state index in [-0.39, 0.29) is 23.9 Å². The minimum absolute atomic E-state index is 0.